The molecule has 0 aromatic heterocycles. The minimum atomic E-state index is -1.01. The van der Waals surface area contributed by atoms with E-state index in [2.05, 4.69) is 27.1 Å². The number of carboxylic acid groups (broad SMARTS) is 1. The van der Waals surface area contributed by atoms with Crippen LogP contribution in [0.2, 0.25) is 0 Å². The van der Waals surface area contributed by atoms with Crippen LogP contribution in [0.3, 0.4) is 0 Å². The predicted octanol–water partition coefficient (Wildman–Crippen LogP) is 3.35. The van der Waals surface area contributed by atoms with Crippen molar-refractivity contribution < 1.29 is 14.6 Å². The molecule has 0 radical (unpaired) electrons. The smallest absolute Gasteiger partial charge is 0.336 e. The van der Waals surface area contributed by atoms with Gasteiger partial charge in [0.25, 0.3) is 6.02 Å². The number of halogens is 1. The number of aromatic carboxylic acids is 1. The van der Waals surface area contributed by atoms with Gasteiger partial charge in [-0.05, 0) is 48.7 Å². The predicted molar refractivity (Wildman–Crippen MR) is 112 cm³/mol. The number of amidine groups is 1. The maximum atomic E-state index is 11.3. The lowest BCUT2D eigenvalue weighted by atomic mass is 10.1. The highest BCUT2D eigenvalue weighted by Gasteiger charge is 2.32. The van der Waals surface area contributed by atoms with Crippen LogP contribution in [0.1, 0.15) is 21.5 Å². The summed E-state index contributed by atoms with van der Waals surface area (Å²) < 4.78 is 5.71. The van der Waals surface area contributed by atoms with Crippen LogP contribution >= 0.6 is 11.6 Å². The molecule has 0 fully saturated rings. The number of aliphatic imine (C=N–C) groups is 2. The summed E-state index contributed by atoms with van der Waals surface area (Å²) in [6.45, 7) is 1.73. The molecule has 4 rings (SSSR count). The maximum absolute atomic E-state index is 11.3. The van der Waals surface area contributed by atoms with Crippen LogP contribution in [0, 0.1) is 18.8 Å². The van der Waals surface area contributed by atoms with Gasteiger partial charge >= 0.3 is 5.97 Å². The minimum Gasteiger partial charge on any atom is -0.478 e. The molecule has 2 N–H and O–H groups in total. The van der Waals surface area contributed by atoms with Gasteiger partial charge in [0.2, 0.25) is 0 Å². The fourth-order valence-corrected chi connectivity index (χ4v) is 3.16. The Balaban J connectivity index is 1.53. The Labute approximate surface area is 172 Å². The molecule has 0 amide bonds. The second-order valence-corrected chi connectivity index (χ2v) is 6.92. The van der Waals surface area contributed by atoms with Crippen LogP contribution in [0.5, 0.6) is 5.75 Å². The van der Waals surface area contributed by atoms with Crippen molar-refractivity contribution in [2.75, 3.05) is 0 Å². The minimum absolute atomic E-state index is 0.179. The third kappa shape index (κ3) is 4.15. The summed E-state index contributed by atoms with van der Waals surface area (Å²) in [7, 11) is 0. The zero-order chi connectivity index (χ0) is 20.4. The fourth-order valence-electron chi connectivity index (χ4n) is 2.93. The molecule has 0 spiro atoms. The van der Waals surface area contributed by atoms with Crippen molar-refractivity contribution >= 4 is 29.3 Å². The second kappa shape index (κ2) is 7.82. The SMILES string of the molecule is Cc1ccc(OC2=NC3N=C(C#Cc4ccccc4)C(Cl)=CC3N2)cc1C(=O)O. The van der Waals surface area contributed by atoms with Gasteiger partial charge < -0.3 is 15.2 Å². The zero-order valence-corrected chi connectivity index (χ0v) is 16.1. The number of carbonyl (C=O) groups is 1. The summed E-state index contributed by atoms with van der Waals surface area (Å²) in [6.07, 6.45) is 1.35. The van der Waals surface area contributed by atoms with E-state index >= 15 is 0 Å². The first kappa shape index (κ1) is 18.8. The van der Waals surface area contributed by atoms with Crippen LogP contribution in [0.25, 0.3) is 0 Å². The van der Waals surface area contributed by atoms with E-state index in [-0.39, 0.29) is 17.6 Å². The first-order chi connectivity index (χ1) is 14.0. The number of aryl methyl sites for hydroxylation is 1. The van der Waals surface area contributed by atoms with Gasteiger partial charge in [0.15, 0.2) is 6.17 Å². The molecule has 2 aliphatic rings. The first-order valence-corrected chi connectivity index (χ1v) is 9.26. The van der Waals surface area contributed by atoms with Crippen LogP contribution in [0.15, 0.2) is 69.6 Å². The van der Waals surface area contributed by atoms with E-state index in [0.717, 1.165) is 5.56 Å². The topological polar surface area (TPSA) is 83.3 Å². The third-order valence-electron chi connectivity index (χ3n) is 4.43. The van der Waals surface area contributed by atoms with Gasteiger partial charge in [-0.25, -0.2) is 14.8 Å². The number of rotatable bonds is 2. The average molecular weight is 406 g/mol. The average Bonchev–Trinajstić information content (AvgIpc) is 3.09. The number of benzene rings is 2. The van der Waals surface area contributed by atoms with Gasteiger partial charge in [-0.3, -0.25) is 0 Å². The Kier molecular flexibility index (Phi) is 5.07. The number of dihydropyridines is 1. The van der Waals surface area contributed by atoms with E-state index in [4.69, 9.17) is 16.3 Å². The van der Waals surface area contributed by atoms with Gasteiger partial charge in [0, 0.05) is 5.56 Å². The van der Waals surface area contributed by atoms with Gasteiger partial charge in [-0.1, -0.05) is 41.8 Å². The van der Waals surface area contributed by atoms with Crippen LogP contribution in [-0.4, -0.2) is 35.0 Å². The maximum Gasteiger partial charge on any atom is 0.336 e. The van der Waals surface area contributed by atoms with E-state index in [1.807, 2.05) is 30.3 Å². The van der Waals surface area contributed by atoms with Gasteiger partial charge in [-0.15, -0.1) is 0 Å². The van der Waals surface area contributed by atoms with Gasteiger partial charge in [0.1, 0.15) is 11.5 Å². The number of carboxylic acids is 1. The summed E-state index contributed by atoms with van der Waals surface area (Å²) in [6, 6.07) is 14.4. The van der Waals surface area contributed by atoms with E-state index in [0.29, 0.717) is 22.1 Å². The molecule has 144 valence electrons. The number of ether oxygens (including phenoxy) is 1. The van der Waals surface area contributed by atoms with Crippen molar-refractivity contribution in [3.05, 3.63) is 76.3 Å². The third-order valence-corrected chi connectivity index (χ3v) is 4.73. The highest BCUT2D eigenvalue weighted by Crippen LogP contribution is 2.23. The monoisotopic (exact) mass is 405 g/mol. The van der Waals surface area contributed by atoms with Gasteiger partial charge in [0.05, 0.1) is 16.6 Å². The number of allylic oxidation sites excluding steroid dienone is 1. The molecule has 0 bridgehead atoms. The molecule has 2 aromatic carbocycles. The van der Waals surface area contributed by atoms with E-state index in [1.54, 1.807) is 25.1 Å². The lowest BCUT2D eigenvalue weighted by Gasteiger charge is -2.16. The fraction of sp³-hybridized carbons (Fsp3) is 0.136. The van der Waals surface area contributed by atoms with Crippen molar-refractivity contribution in [2.45, 2.75) is 19.1 Å². The van der Waals surface area contributed by atoms with Crippen molar-refractivity contribution in [2.24, 2.45) is 9.98 Å². The van der Waals surface area contributed by atoms with E-state index in [1.165, 1.54) is 6.07 Å². The Morgan fingerprint density at radius 1 is 1.17 bits per heavy atom. The molecular weight excluding hydrogens is 390 g/mol. The summed E-state index contributed by atoms with van der Waals surface area (Å²) >= 11 is 6.33. The Bertz CT molecular complexity index is 1130. The highest BCUT2D eigenvalue weighted by atomic mass is 35.5. The van der Waals surface area contributed by atoms with Crippen LogP contribution in [0.4, 0.5) is 0 Å². The molecule has 2 atom stereocenters. The van der Waals surface area contributed by atoms with Gasteiger partial charge in [-0.2, -0.15) is 0 Å². The van der Waals surface area contributed by atoms with Crippen molar-refractivity contribution in [3.8, 4) is 17.6 Å². The molecule has 0 aliphatic carbocycles. The molecule has 2 aromatic rings. The molecule has 6 nitrogen and oxygen atoms in total. The largest absolute Gasteiger partial charge is 0.478 e. The summed E-state index contributed by atoms with van der Waals surface area (Å²) in [5, 5.41) is 12.8. The van der Waals surface area contributed by atoms with Crippen molar-refractivity contribution in [3.63, 3.8) is 0 Å². The summed E-state index contributed by atoms with van der Waals surface area (Å²) in [4.78, 5) is 20.2. The molecular formula is C22H16ClN3O3. The normalized spacial score (nSPS) is 19.6. The van der Waals surface area contributed by atoms with Crippen LogP contribution in [-0.2, 0) is 0 Å². The lowest BCUT2D eigenvalue weighted by molar-refractivity contribution is 0.0695. The number of nitrogens with one attached hydrogen (secondary N) is 1. The highest BCUT2D eigenvalue weighted by molar-refractivity contribution is 6.46. The van der Waals surface area contributed by atoms with E-state index in [9.17, 15) is 9.90 Å². The summed E-state index contributed by atoms with van der Waals surface area (Å²) in [5.41, 5.74) is 2.17. The number of fused-ring (bicyclic) bond motifs is 1. The number of hydrogen-bond acceptors (Lipinski definition) is 5. The molecule has 7 heteroatoms. The lowest BCUT2D eigenvalue weighted by Crippen LogP contribution is -2.36. The second-order valence-electron chi connectivity index (χ2n) is 6.51. The Hall–Kier alpha value is -3.56. The Morgan fingerprint density at radius 2 is 1.97 bits per heavy atom. The van der Waals surface area contributed by atoms with Crippen molar-refractivity contribution in [1.29, 1.82) is 0 Å². The zero-order valence-electron chi connectivity index (χ0n) is 15.4. The Morgan fingerprint density at radius 3 is 2.72 bits per heavy atom. The van der Waals surface area contributed by atoms with Crippen LogP contribution < -0.4 is 10.1 Å². The number of nitrogens with zero attached hydrogens (tertiary/aromatic N) is 2. The van der Waals surface area contributed by atoms with E-state index < -0.39 is 12.1 Å². The molecule has 2 aliphatic heterocycles. The van der Waals surface area contributed by atoms with Crippen molar-refractivity contribution in [1.82, 2.24) is 5.32 Å². The number of hydrogen-bond donors (Lipinski definition) is 2. The molecule has 29 heavy (non-hydrogen) atoms. The molecule has 2 heterocycles. The molecule has 2 unspecified atom stereocenters. The molecule has 0 saturated heterocycles. The summed E-state index contributed by atoms with van der Waals surface area (Å²) in [5.74, 6) is 5.39. The standard InChI is InChI=1S/C22H16ClN3O3/c1-13-7-9-15(11-16(13)21(27)28)29-22-25-19-12-17(23)18(24-20(19)26-22)10-8-14-5-3-2-4-6-14/h2-7,9,11-12,19-20H,1H3,(H,25,26)(H,27,28). The first-order valence-electron chi connectivity index (χ1n) is 8.88. The molecule has 0 saturated carbocycles. The quantitative estimate of drug-likeness (QED) is 0.750.